The molecule has 0 saturated heterocycles. The van der Waals surface area contributed by atoms with Crippen LogP contribution in [0.5, 0.6) is 0 Å². The van der Waals surface area contributed by atoms with Crippen LogP contribution in [0.2, 0.25) is 0 Å². The molecule has 20 heavy (non-hydrogen) atoms. The van der Waals surface area contributed by atoms with Gasteiger partial charge in [0.1, 0.15) is 5.82 Å². The van der Waals surface area contributed by atoms with E-state index in [1.807, 2.05) is 6.26 Å². The van der Waals surface area contributed by atoms with Crippen LogP contribution in [-0.4, -0.2) is 46.6 Å². The zero-order chi connectivity index (χ0) is 15.2. The van der Waals surface area contributed by atoms with E-state index < -0.39 is 11.6 Å². The van der Waals surface area contributed by atoms with E-state index >= 15 is 0 Å². The molecule has 0 atom stereocenters. The summed E-state index contributed by atoms with van der Waals surface area (Å²) >= 11 is 1.41. The zero-order valence-electron chi connectivity index (χ0n) is 12.0. The minimum absolute atomic E-state index is 0.330. The quantitative estimate of drug-likeness (QED) is 0.357. The van der Waals surface area contributed by atoms with Crippen LogP contribution in [0.3, 0.4) is 0 Å². The number of aromatic nitrogens is 2. The van der Waals surface area contributed by atoms with Gasteiger partial charge in [0.25, 0.3) is 0 Å². The lowest BCUT2D eigenvalue weighted by Gasteiger charge is -2.19. The summed E-state index contributed by atoms with van der Waals surface area (Å²) < 4.78 is 4.54. The van der Waals surface area contributed by atoms with E-state index in [2.05, 4.69) is 20.0 Å². The summed E-state index contributed by atoms with van der Waals surface area (Å²) in [6.45, 7) is 3.72. The maximum absolute atomic E-state index is 11.1. The Morgan fingerprint density at radius 1 is 1.60 bits per heavy atom. The van der Waals surface area contributed by atoms with Crippen LogP contribution >= 0.6 is 11.8 Å². The average Bonchev–Trinajstić information content (AvgIpc) is 2.41. The van der Waals surface area contributed by atoms with Crippen LogP contribution in [0.1, 0.15) is 19.4 Å². The van der Waals surface area contributed by atoms with Crippen molar-refractivity contribution in [3.8, 4) is 0 Å². The van der Waals surface area contributed by atoms with Crippen molar-refractivity contribution in [2.45, 2.75) is 24.6 Å². The number of carbonyl (C=O) groups is 1. The third-order valence-electron chi connectivity index (χ3n) is 2.27. The fourth-order valence-electron chi connectivity index (χ4n) is 1.26. The molecule has 0 aliphatic carbocycles. The molecule has 0 aromatic carbocycles. The first-order chi connectivity index (χ1) is 9.35. The minimum atomic E-state index is -0.867. The van der Waals surface area contributed by atoms with Crippen LogP contribution in [-0.2, 0) is 9.53 Å². The molecule has 0 aliphatic rings. The van der Waals surface area contributed by atoms with Crippen molar-refractivity contribution in [2.75, 3.05) is 25.2 Å². The molecule has 0 fully saturated rings. The van der Waals surface area contributed by atoms with Gasteiger partial charge in [-0.05, 0) is 26.2 Å². The molecule has 6 nitrogen and oxygen atoms in total. The third kappa shape index (κ3) is 5.58. The van der Waals surface area contributed by atoms with Gasteiger partial charge in [0, 0.05) is 24.4 Å². The molecular formula is C13H19N3O3S. The normalized spacial score (nSPS) is 11.7. The van der Waals surface area contributed by atoms with Gasteiger partial charge in [-0.1, -0.05) is 11.8 Å². The molecule has 1 heterocycles. The monoisotopic (exact) mass is 297 g/mol. The highest BCUT2D eigenvalue weighted by Gasteiger charge is 2.14. The number of hydrogen-bond acceptors (Lipinski definition) is 7. The van der Waals surface area contributed by atoms with Crippen molar-refractivity contribution in [1.82, 2.24) is 9.97 Å². The van der Waals surface area contributed by atoms with E-state index in [0.29, 0.717) is 23.1 Å². The van der Waals surface area contributed by atoms with Crippen LogP contribution < -0.4 is 5.32 Å². The van der Waals surface area contributed by atoms with Crippen molar-refractivity contribution in [1.29, 1.82) is 0 Å². The number of nitrogens with zero attached hydrogens (tertiary/aromatic N) is 2. The van der Waals surface area contributed by atoms with Gasteiger partial charge in [-0.25, -0.2) is 14.8 Å². The minimum Gasteiger partial charge on any atom is -0.466 e. The molecule has 110 valence electrons. The number of esters is 1. The summed E-state index contributed by atoms with van der Waals surface area (Å²) in [4.78, 5) is 19.6. The van der Waals surface area contributed by atoms with Crippen molar-refractivity contribution < 1.29 is 14.6 Å². The molecule has 0 amide bonds. The lowest BCUT2D eigenvalue weighted by molar-refractivity contribution is -0.134. The van der Waals surface area contributed by atoms with Crippen LogP contribution in [0.15, 0.2) is 17.4 Å². The zero-order valence-corrected chi connectivity index (χ0v) is 12.8. The first-order valence-corrected chi connectivity index (χ1v) is 7.21. The highest BCUT2D eigenvalue weighted by atomic mass is 32.2. The smallest absolute Gasteiger partial charge is 0.330 e. The van der Waals surface area contributed by atoms with Gasteiger partial charge < -0.3 is 15.2 Å². The van der Waals surface area contributed by atoms with Gasteiger partial charge in [-0.15, -0.1) is 0 Å². The molecule has 1 rings (SSSR count). The SMILES string of the molecule is COC(=O)/C=C/c1cnc(SC)nc1NCC(C)(C)O. The number of carbonyl (C=O) groups excluding carboxylic acids is 1. The summed E-state index contributed by atoms with van der Waals surface area (Å²) in [7, 11) is 1.31. The number of thioether (sulfide) groups is 1. The van der Waals surface area contributed by atoms with Crippen molar-refractivity contribution in [2.24, 2.45) is 0 Å². The summed E-state index contributed by atoms with van der Waals surface area (Å²) in [6.07, 6.45) is 6.36. The summed E-state index contributed by atoms with van der Waals surface area (Å²) in [5, 5.41) is 13.4. The molecule has 7 heteroatoms. The molecule has 0 spiro atoms. The topological polar surface area (TPSA) is 84.3 Å². The predicted molar refractivity (Wildman–Crippen MR) is 79.7 cm³/mol. The Bertz CT molecular complexity index is 498. The highest BCUT2D eigenvalue weighted by molar-refractivity contribution is 7.98. The Morgan fingerprint density at radius 2 is 2.30 bits per heavy atom. The predicted octanol–water partition coefficient (Wildman–Crippen LogP) is 1.57. The molecule has 0 radical (unpaired) electrons. The number of methoxy groups -OCH3 is 1. The largest absolute Gasteiger partial charge is 0.466 e. The van der Waals surface area contributed by atoms with Crippen LogP contribution in [0.4, 0.5) is 5.82 Å². The van der Waals surface area contributed by atoms with Gasteiger partial charge in [-0.2, -0.15) is 0 Å². The van der Waals surface area contributed by atoms with Crippen molar-refractivity contribution in [3.05, 3.63) is 17.8 Å². The van der Waals surface area contributed by atoms with Crippen LogP contribution in [0.25, 0.3) is 6.08 Å². The number of nitrogens with one attached hydrogen (secondary N) is 1. The second kappa shape index (κ2) is 7.25. The Kier molecular flexibility index (Phi) is 5.97. The average molecular weight is 297 g/mol. The van der Waals surface area contributed by atoms with Crippen LogP contribution in [0, 0.1) is 0 Å². The lowest BCUT2D eigenvalue weighted by atomic mass is 10.1. The molecule has 2 N–H and O–H groups in total. The standard InChI is InChI=1S/C13H19N3O3S/c1-13(2,18)8-15-11-9(5-6-10(17)19-3)7-14-12(16-11)20-4/h5-7,18H,8H2,1-4H3,(H,14,15,16)/b6-5+. The second-order valence-electron chi connectivity index (χ2n) is 4.68. The number of ether oxygens (including phenoxy) is 1. The fourth-order valence-corrected chi connectivity index (χ4v) is 1.60. The maximum Gasteiger partial charge on any atom is 0.330 e. The Labute approximate surface area is 122 Å². The first kappa shape index (κ1) is 16.5. The van der Waals surface area contributed by atoms with Crippen molar-refractivity contribution >= 4 is 29.6 Å². The lowest BCUT2D eigenvalue weighted by Crippen LogP contribution is -2.29. The summed E-state index contributed by atoms with van der Waals surface area (Å²) in [5.74, 6) is 0.110. The van der Waals surface area contributed by atoms with E-state index in [9.17, 15) is 9.90 Å². The Balaban J connectivity index is 2.97. The molecule has 0 unspecified atom stereocenters. The first-order valence-electron chi connectivity index (χ1n) is 5.99. The number of rotatable bonds is 6. The maximum atomic E-state index is 11.1. The van der Waals surface area contributed by atoms with Gasteiger partial charge in [0.05, 0.1) is 12.7 Å². The fraction of sp³-hybridized carbons (Fsp3) is 0.462. The van der Waals surface area contributed by atoms with Gasteiger partial charge in [-0.3, -0.25) is 0 Å². The number of anilines is 1. The number of hydrogen-bond donors (Lipinski definition) is 2. The molecule has 1 aromatic rings. The van der Waals surface area contributed by atoms with Gasteiger partial charge in [0.15, 0.2) is 5.16 Å². The van der Waals surface area contributed by atoms with Gasteiger partial charge in [0.2, 0.25) is 0 Å². The van der Waals surface area contributed by atoms with E-state index in [1.54, 1.807) is 26.1 Å². The molecule has 0 bridgehead atoms. The van der Waals surface area contributed by atoms with E-state index in [1.165, 1.54) is 24.9 Å². The van der Waals surface area contributed by atoms with E-state index in [0.717, 1.165) is 0 Å². The summed E-state index contributed by atoms with van der Waals surface area (Å²) in [5.41, 5.74) is -0.217. The van der Waals surface area contributed by atoms with Crippen molar-refractivity contribution in [3.63, 3.8) is 0 Å². The summed E-state index contributed by atoms with van der Waals surface area (Å²) in [6, 6.07) is 0. The Morgan fingerprint density at radius 3 is 2.85 bits per heavy atom. The Hall–Kier alpha value is -1.60. The van der Waals surface area contributed by atoms with Gasteiger partial charge >= 0.3 is 5.97 Å². The van der Waals surface area contributed by atoms with E-state index in [-0.39, 0.29) is 0 Å². The molecule has 0 aliphatic heterocycles. The molecule has 0 saturated carbocycles. The van der Waals surface area contributed by atoms with E-state index in [4.69, 9.17) is 0 Å². The number of aliphatic hydroxyl groups is 1. The molecule has 1 aromatic heterocycles. The highest BCUT2D eigenvalue weighted by Crippen LogP contribution is 2.18. The second-order valence-corrected chi connectivity index (χ2v) is 5.46. The molecular weight excluding hydrogens is 278 g/mol. The third-order valence-corrected chi connectivity index (χ3v) is 2.83.